The molecular formula is C27H21FN2O4S. The van der Waals surface area contributed by atoms with Crippen LogP contribution < -0.4 is 9.64 Å². The van der Waals surface area contributed by atoms with E-state index in [0.29, 0.717) is 16.4 Å². The summed E-state index contributed by atoms with van der Waals surface area (Å²) >= 11 is 1.31. The van der Waals surface area contributed by atoms with Gasteiger partial charge in [-0.3, -0.25) is 14.5 Å². The number of aliphatic hydroxyl groups is 1. The number of ether oxygens (including phenoxy) is 1. The molecule has 8 heteroatoms. The number of hydrogen-bond acceptors (Lipinski definition) is 6. The Labute approximate surface area is 204 Å². The number of methoxy groups -OCH3 is 1. The third kappa shape index (κ3) is 3.85. The van der Waals surface area contributed by atoms with Crippen LogP contribution in [0.4, 0.5) is 9.52 Å². The molecule has 5 rings (SSSR count). The molecule has 0 aliphatic carbocycles. The van der Waals surface area contributed by atoms with Crippen molar-refractivity contribution >= 4 is 44.1 Å². The second-order valence-electron chi connectivity index (χ2n) is 8.38. The van der Waals surface area contributed by atoms with Crippen LogP contribution in [0.25, 0.3) is 16.0 Å². The van der Waals surface area contributed by atoms with Crippen molar-refractivity contribution in [2.75, 3.05) is 12.0 Å². The van der Waals surface area contributed by atoms with Gasteiger partial charge in [0.2, 0.25) is 0 Å². The maximum absolute atomic E-state index is 13.5. The van der Waals surface area contributed by atoms with E-state index < -0.39 is 23.5 Å². The number of carbonyl (C=O) groups is 2. The van der Waals surface area contributed by atoms with Crippen molar-refractivity contribution in [2.24, 2.45) is 0 Å². The van der Waals surface area contributed by atoms with Gasteiger partial charge in [0, 0.05) is 5.56 Å². The van der Waals surface area contributed by atoms with Crippen LogP contribution in [0.1, 0.15) is 28.3 Å². The fourth-order valence-corrected chi connectivity index (χ4v) is 5.55. The molecule has 3 aromatic carbocycles. The van der Waals surface area contributed by atoms with Crippen molar-refractivity contribution in [2.45, 2.75) is 19.9 Å². The lowest BCUT2D eigenvalue weighted by Crippen LogP contribution is -2.29. The van der Waals surface area contributed by atoms with E-state index in [2.05, 4.69) is 0 Å². The Kier molecular flexibility index (Phi) is 5.61. The Bertz CT molecular complexity index is 1520. The molecule has 0 spiro atoms. The van der Waals surface area contributed by atoms with Gasteiger partial charge in [-0.05, 0) is 73.0 Å². The lowest BCUT2D eigenvalue weighted by molar-refractivity contribution is -0.132. The molecule has 1 N–H and O–H groups in total. The smallest absolute Gasteiger partial charge is 0.301 e. The lowest BCUT2D eigenvalue weighted by atomic mass is 9.95. The van der Waals surface area contributed by atoms with Gasteiger partial charge in [-0.15, -0.1) is 0 Å². The molecule has 1 aliphatic rings. The number of aromatic nitrogens is 1. The molecule has 0 unspecified atom stereocenters. The van der Waals surface area contributed by atoms with Crippen molar-refractivity contribution in [3.05, 3.63) is 94.3 Å². The number of carbonyl (C=O) groups excluding carboxylic acids is 2. The first-order chi connectivity index (χ1) is 16.8. The van der Waals surface area contributed by atoms with Gasteiger partial charge < -0.3 is 9.84 Å². The number of thiazole rings is 1. The number of aryl methyl sites for hydroxylation is 2. The third-order valence-electron chi connectivity index (χ3n) is 6.00. The quantitative estimate of drug-likeness (QED) is 0.227. The number of benzene rings is 3. The summed E-state index contributed by atoms with van der Waals surface area (Å²) in [5, 5.41) is 11.5. The standard InChI is InChI=1S/C27H21FN2O4S/c1-14-11-15(2)22-20(12-14)35-27(29-22)30-23(17-5-4-6-19(13-17)34-3)21(25(32)26(30)33)24(31)16-7-9-18(28)10-8-16/h4-13,23,31H,1-3H3/b24-21+/t23-/m0/s1. The molecule has 0 bridgehead atoms. The molecule has 1 atom stereocenters. The predicted molar refractivity (Wildman–Crippen MR) is 133 cm³/mol. The van der Waals surface area contributed by atoms with Gasteiger partial charge in [-0.2, -0.15) is 0 Å². The molecule has 35 heavy (non-hydrogen) atoms. The van der Waals surface area contributed by atoms with Crippen LogP contribution in [0.3, 0.4) is 0 Å². The van der Waals surface area contributed by atoms with Crippen LogP contribution in [0.15, 0.2) is 66.2 Å². The highest BCUT2D eigenvalue weighted by Crippen LogP contribution is 2.45. The Morgan fingerprint density at radius 3 is 2.54 bits per heavy atom. The Hall–Kier alpha value is -4.04. The monoisotopic (exact) mass is 488 g/mol. The van der Waals surface area contributed by atoms with Gasteiger partial charge in [0.15, 0.2) is 5.13 Å². The Balaban J connectivity index is 1.75. The molecule has 176 valence electrons. The number of aliphatic hydroxyl groups excluding tert-OH is 1. The summed E-state index contributed by atoms with van der Waals surface area (Å²) in [6.45, 7) is 3.93. The molecule has 1 amide bonds. The average Bonchev–Trinajstić information content (AvgIpc) is 3.38. The van der Waals surface area contributed by atoms with E-state index in [-0.39, 0.29) is 16.9 Å². The van der Waals surface area contributed by atoms with Gasteiger partial charge in [0.25, 0.3) is 5.78 Å². The van der Waals surface area contributed by atoms with E-state index in [0.717, 1.165) is 21.3 Å². The molecule has 4 aromatic rings. The number of rotatable bonds is 4. The number of fused-ring (bicyclic) bond motifs is 1. The second kappa shape index (κ2) is 8.63. The van der Waals surface area contributed by atoms with Crippen molar-refractivity contribution < 1.29 is 23.8 Å². The zero-order chi connectivity index (χ0) is 24.9. The number of Topliss-reactive ketones (excluding diaryl/α,β-unsaturated/α-hetero) is 1. The third-order valence-corrected chi connectivity index (χ3v) is 7.00. The van der Waals surface area contributed by atoms with Gasteiger partial charge in [0.05, 0.1) is 28.9 Å². The van der Waals surface area contributed by atoms with Crippen molar-refractivity contribution in [1.29, 1.82) is 0 Å². The van der Waals surface area contributed by atoms with Crippen molar-refractivity contribution in [3.8, 4) is 5.75 Å². The van der Waals surface area contributed by atoms with E-state index in [9.17, 15) is 19.1 Å². The minimum atomic E-state index is -0.947. The summed E-state index contributed by atoms with van der Waals surface area (Å²) in [4.78, 5) is 32.7. The lowest BCUT2D eigenvalue weighted by Gasteiger charge is -2.23. The SMILES string of the molecule is COc1cccc([C@H]2/C(=C(\O)c3ccc(F)cc3)C(=O)C(=O)N2c2nc3c(C)cc(C)cc3s2)c1. The highest BCUT2D eigenvalue weighted by molar-refractivity contribution is 7.22. The zero-order valence-corrected chi connectivity index (χ0v) is 20.0. The van der Waals surface area contributed by atoms with Crippen LogP contribution in [0, 0.1) is 19.7 Å². The average molecular weight is 489 g/mol. The van der Waals surface area contributed by atoms with E-state index in [1.165, 1.54) is 47.6 Å². The van der Waals surface area contributed by atoms with Crippen LogP contribution in [-0.2, 0) is 9.59 Å². The summed E-state index contributed by atoms with van der Waals surface area (Å²) in [5.74, 6) is -1.97. The Morgan fingerprint density at radius 1 is 1.09 bits per heavy atom. The van der Waals surface area contributed by atoms with Crippen molar-refractivity contribution in [3.63, 3.8) is 0 Å². The summed E-state index contributed by atoms with van der Waals surface area (Å²) in [7, 11) is 1.52. The molecular weight excluding hydrogens is 467 g/mol. The number of nitrogens with zero attached hydrogens (tertiary/aromatic N) is 2. The largest absolute Gasteiger partial charge is 0.507 e. The van der Waals surface area contributed by atoms with E-state index in [1.54, 1.807) is 24.3 Å². The van der Waals surface area contributed by atoms with E-state index in [4.69, 9.17) is 9.72 Å². The second-order valence-corrected chi connectivity index (χ2v) is 9.39. The first-order valence-corrected chi connectivity index (χ1v) is 11.7. The molecule has 1 aromatic heterocycles. The van der Waals surface area contributed by atoms with E-state index in [1.807, 2.05) is 26.0 Å². The molecule has 0 radical (unpaired) electrons. The van der Waals surface area contributed by atoms with Crippen LogP contribution in [-0.4, -0.2) is 28.9 Å². The molecule has 0 saturated carbocycles. The number of halogens is 1. The fourth-order valence-electron chi connectivity index (χ4n) is 4.38. The van der Waals surface area contributed by atoms with Crippen LogP contribution >= 0.6 is 11.3 Å². The maximum atomic E-state index is 13.5. The number of hydrogen-bond donors (Lipinski definition) is 1. The highest BCUT2D eigenvalue weighted by Gasteiger charge is 2.48. The fraction of sp³-hybridized carbons (Fsp3) is 0.148. The van der Waals surface area contributed by atoms with E-state index >= 15 is 0 Å². The minimum Gasteiger partial charge on any atom is -0.507 e. The summed E-state index contributed by atoms with van der Waals surface area (Å²) < 4.78 is 19.7. The Morgan fingerprint density at radius 2 is 1.83 bits per heavy atom. The topological polar surface area (TPSA) is 79.7 Å². The van der Waals surface area contributed by atoms with Crippen molar-refractivity contribution in [1.82, 2.24) is 4.98 Å². The molecule has 2 heterocycles. The minimum absolute atomic E-state index is 0.0954. The maximum Gasteiger partial charge on any atom is 0.301 e. The molecule has 1 fully saturated rings. The number of anilines is 1. The number of amides is 1. The summed E-state index contributed by atoms with van der Waals surface area (Å²) in [5.41, 5.74) is 3.48. The number of ketones is 1. The zero-order valence-electron chi connectivity index (χ0n) is 19.2. The summed E-state index contributed by atoms with van der Waals surface area (Å²) in [6, 6.07) is 15.1. The molecule has 1 aliphatic heterocycles. The van der Waals surface area contributed by atoms with Crippen LogP contribution in [0.2, 0.25) is 0 Å². The van der Waals surface area contributed by atoms with Gasteiger partial charge in [0.1, 0.15) is 17.3 Å². The van der Waals surface area contributed by atoms with Gasteiger partial charge in [-0.1, -0.05) is 29.5 Å². The normalized spacial score (nSPS) is 17.4. The predicted octanol–water partition coefficient (Wildman–Crippen LogP) is 5.69. The van der Waals surface area contributed by atoms with Crippen LogP contribution in [0.5, 0.6) is 5.75 Å². The first-order valence-electron chi connectivity index (χ1n) is 10.9. The molecule has 1 saturated heterocycles. The highest BCUT2D eigenvalue weighted by atomic mass is 32.1. The van der Waals surface area contributed by atoms with Gasteiger partial charge >= 0.3 is 5.91 Å². The molecule has 6 nitrogen and oxygen atoms in total. The van der Waals surface area contributed by atoms with Gasteiger partial charge in [-0.25, -0.2) is 9.37 Å². The first kappa shape index (κ1) is 22.7. The summed E-state index contributed by atoms with van der Waals surface area (Å²) in [6.07, 6.45) is 0.